The molecule has 0 aliphatic heterocycles. The molecule has 40 heavy (non-hydrogen) atoms. The highest BCUT2D eigenvalue weighted by Gasteiger charge is 2.15. The summed E-state index contributed by atoms with van der Waals surface area (Å²) in [4.78, 5) is 29.8. The third-order valence-electron chi connectivity index (χ3n) is 5.67. The molecule has 0 radical (unpaired) electrons. The van der Waals surface area contributed by atoms with Gasteiger partial charge in [-0.3, -0.25) is 14.8 Å². The number of ketones is 1. The number of carbonyl (C=O) groups is 1. The van der Waals surface area contributed by atoms with Gasteiger partial charge in [-0.25, -0.2) is 18.7 Å². The number of thiazole rings is 2. The van der Waals surface area contributed by atoms with Crippen LogP contribution in [0.1, 0.15) is 31.8 Å². The molecule has 0 saturated heterocycles. The zero-order chi connectivity index (χ0) is 27.9. The highest BCUT2D eigenvalue weighted by molar-refractivity contribution is 7.17. The molecule has 0 aliphatic carbocycles. The van der Waals surface area contributed by atoms with Gasteiger partial charge >= 0.3 is 0 Å². The smallest absolute Gasteiger partial charge is 0.204 e. The van der Waals surface area contributed by atoms with Crippen molar-refractivity contribution in [2.45, 2.75) is 6.10 Å². The van der Waals surface area contributed by atoms with Crippen LogP contribution in [0, 0.1) is 11.6 Å². The largest absolute Gasteiger partial charge is 0.383 e. The maximum absolute atomic E-state index is 12.9. The summed E-state index contributed by atoms with van der Waals surface area (Å²) in [6, 6.07) is 19.1. The van der Waals surface area contributed by atoms with Crippen LogP contribution in [-0.2, 0) is 0 Å². The minimum absolute atomic E-state index is 0.0849. The number of pyridine rings is 2. The van der Waals surface area contributed by atoms with Crippen LogP contribution in [0.2, 0.25) is 0 Å². The van der Waals surface area contributed by atoms with Crippen LogP contribution >= 0.6 is 22.7 Å². The molecule has 6 nitrogen and oxygen atoms in total. The Labute approximate surface area is 236 Å². The van der Waals surface area contributed by atoms with Gasteiger partial charge in [0, 0.05) is 53.9 Å². The molecule has 10 heteroatoms. The highest BCUT2D eigenvalue weighted by Crippen LogP contribution is 2.32. The van der Waals surface area contributed by atoms with Crippen LogP contribution in [0.5, 0.6) is 0 Å². The van der Waals surface area contributed by atoms with Gasteiger partial charge in [0.15, 0.2) is 0 Å². The lowest BCUT2D eigenvalue weighted by Crippen LogP contribution is -1.97. The van der Waals surface area contributed by atoms with Crippen LogP contribution in [0.3, 0.4) is 0 Å². The first-order chi connectivity index (χ1) is 19.5. The number of aliphatic hydroxyl groups is 1. The molecule has 4 aromatic heterocycles. The van der Waals surface area contributed by atoms with Crippen molar-refractivity contribution in [3.05, 3.63) is 142 Å². The maximum Gasteiger partial charge on any atom is 0.204 e. The van der Waals surface area contributed by atoms with Gasteiger partial charge in [-0.15, -0.1) is 22.7 Å². The van der Waals surface area contributed by atoms with Gasteiger partial charge in [0.25, 0.3) is 0 Å². The Morgan fingerprint density at radius 1 is 0.675 bits per heavy atom. The summed E-state index contributed by atoms with van der Waals surface area (Å²) in [6.45, 7) is 0. The van der Waals surface area contributed by atoms with Gasteiger partial charge in [-0.05, 0) is 78.4 Å². The molecule has 0 fully saturated rings. The number of aliphatic hydroxyl groups excluding tert-OH is 1. The fraction of sp³-hybridized carbons (Fsp3) is 0.0333. The number of aromatic nitrogens is 4. The Kier molecular flexibility index (Phi) is 8.50. The highest BCUT2D eigenvalue weighted by atomic mass is 32.1. The monoisotopic (exact) mass is 570 g/mol. The average Bonchev–Trinajstić information content (AvgIpc) is 3.70. The van der Waals surface area contributed by atoms with Crippen molar-refractivity contribution >= 4 is 28.5 Å². The summed E-state index contributed by atoms with van der Waals surface area (Å²) in [5.74, 6) is -0.654. The normalized spacial score (nSPS) is 11.4. The first-order valence-corrected chi connectivity index (χ1v) is 13.6. The van der Waals surface area contributed by atoms with Crippen LogP contribution in [0.15, 0.2) is 110 Å². The van der Waals surface area contributed by atoms with E-state index in [9.17, 15) is 18.7 Å². The molecule has 0 bridgehead atoms. The zero-order valence-electron chi connectivity index (χ0n) is 20.7. The summed E-state index contributed by atoms with van der Waals surface area (Å²) < 4.78 is 25.8. The zero-order valence-corrected chi connectivity index (χ0v) is 22.3. The standard InChI is InChI=1S/C15H11FN2OS.C15H9FN2OS/c2*16-12-3-1-11(2-4-12)15-18-9-13(20-15)14(19)10-5-7-17-8-6-10/h1-9,14,19H;1-9H. The van der Waals surface area contributed by atoms with Gasteiger partial charge in [0.2, 0.25) is 5.78 Å². The molecule has 2 aromatic carbocycles. The predicted octanol–water partition coefficient (Wildman–Crippen LogP) is 7.00. The molecule has 0 aliphatic rings. The van der Waals surface area contributed by atoms with Crippen molar-refractivity contribution in [3.63, 3.8) is 0 Å². The van der Waals surface area contributed by atoms with Crippen molar-refractivity contribution in [1.29, 1.82) is 0 Å². The summed E-state index contributed by atoms with van der Waals surface area (Å²) in [6.07, 6.45) is 8.91. The summed E-state index contributed by atoms with van der Waals surface area (Å²) in [5, 5.41) is 11.7. The van der Waals surface area contributed by atoms with Gasteiger partial charge in [-0.2, -0.15) is 0 Å². The number of halogens is 2. The van der Waals surface area contributed by atoms with E-state index >= 15 is 0 Å². The fourth-order valence-electron chi connectivity index (χ4n) is 3.60. The van der Waals surface area contributed by atoms with E-state index in [0.29, 0.717) is 15.4 Å². The van der Waals surface area contributed by atoms with Crippen LogP contribution < -0.4 is 0 Å². The van der Waals surface area contributed by atoms with E-state index in [1.165, 1.54) is 46.9 Å². The predicted molar refractivity (Wildman–Crippen MR) is 151 cm³/mol. The number of benzene rings is 2. The lowest BCUT2D eigenvalue weighted by Gasteiger charge is -2.06. The number of hydrogen-bond acceptors (Lipinski definition) is 8. The quantitative estimate of drug-likeness (QED) is 0.217. The molecule has 6 rings (SSSR count). The maximum atomic E-state index is 12.9. The Morgan fingerprint density at radius 2 is 1.18 bits per heavy atom. The molecule has 0 saturated carbocycles. The average molecular weight is 571 g/mol. The summed E-state index contributed by atoms with van der Waals surface area (Å²) >= 11 is 2.68. The van der Waals surface area contributed by atoms with Crippen molar-refractivity contribution in [2.24, 2.45) is 0 Å². The molecule has 1 N–H and O–H groups in total. The first-order valence-electron chi connectivity index (χ1n) is 11.9. The van der Waals surface area contributed by atoms with Crippen LogP contribution in [0.25, 0.3) is 21.1 Å². The van der Waals surface area contributed by atoms with E-state index in [1.54, 1.807) is 85.7 Å². The number of hydrogen-bond donors (Lipinski definition) is 1. The van der Waals surface area contributed by atoms with E-state index in [-0.39, 0.29) is 17.4 Å². The van der Waals surface area contributed by atoms with E-state index in [4.69, 9.17) is 0 Å². The van der Waals surface area contributed by atoms with Crippen LogP contribution in [0.4, 0.5) is 8.78 Å². The van der Waals surface area contributed by atoms with Crippen molar-refractivity contribution in [2.75, 3.05) is 0 Å². The number of rotatable bonds is 6. The minimum atomic E-state index is -0.718. The van der Waals surface area contributed by atoms with Crippen molar-refractivity contribution in [3.8, 4) is 21.1 Å². The fourth-order valence-corrected chi connectivity index (χ4v) is 5.42. The number of nitrogens with zero attached hydrogens (tertiary/aromatic N) is 4. The van der Waals surface area contributed by atoms with Crippen molar-refractivity contribution < 1.29 is 18.7 Å². The Balaban J connectivity index is 0.000000161. The van der Waals surface area contributed by atoms with Gasteiger partial charge in [0.05, 0.1) is 9.75 Å². The lowest BCUT2D eigenvalue weighted by molar-refractivity contribution is 0.104. The molecule has 4 heterocycles. The van der Waals surface area contributed by atoms with Crippen molar-refractivity contribution in [1.82, 2.24) is 19.9 Å². The molecule has 6 aromatic rings. The Hall–Kier alpha value is -4.51. The third-order valence-corrected chi connectivity index (χ3v) is 7.81. The van der Waals surface area contributed by atoms with E-state index in [0.717, 1.165) is 26.6 Å². The Bertz CT molecular complexity index is 1690. The SMILES string of the molecule is O=C(c1ccncc1)c1cnc(-c2ccc(F)cc2)s1.OC(c1ccncc1)c1cnc(-c2ccc(F)cc2)s1. The van der Waals surface area contributed by atoms with Gasteiger partial charge < -0.3 is 5.11 Å². The molecular weight excluding hydrogens is 550 g/mol. The first kappa shape index (κ1) is 27.1. The van der Waals surface area contributed by atoms with E-state index in [1.807, 2.05) is 0 Å². The lowest BCUT2D eigenvalue weighted by atomic mass is 10.1. The summed E-state index contributed by atoms with van der Waals surface area (Å²) in [5.41, 5.74) is 2.98. The third kappa shape index (κ3) is 6.55. The number of carbonyl (C=O) groups excluding carboxylic acids is 1. The van der Waals surface area contributed by atoms with E-state index in [2.05, 4.69) is 19.9 Å². The topological polar surface area (TPSA) is 88.9 Å². The molecule has 0 amide bonds. The van der Waals surface area contributed by atoms with Crippen LogP contribution in [-0.4, -0.2) is 30.8 Å². The second-order valence-electron chi connectivity index (χ2n) is 8.36. The molecular formula is C30H20F2N4O2S2. The van der Waals surface area contributed by atoms with Gasteiger partial charge in [-0.1, -0.05) is 0 Å². The Morgan fingerprint density at radius 3 is 1.75 bits per heavy atom. The second-order valence-corrected chi connectivity index (χ2v) is 10.5. The second kappa shape index (κ2) is 12.6. The molecule has 1 atom stereocenters. The molecule has 198 valence electrons. The van der Waals surface area contributed by atoms with E-state index < -0.39 is 6.10 Å². The minimum Gasteiger partial charge on any atom is -0.383 e. The molecule has 1 unspecified atom stereocenters. The molecule has 0 spiro atoms. The summed E-state index contributed by atoms with van der Waals surface area (Å²) in [7, 11) is 0. The van der Waals surface area contributed by atoms with Gasteiger partial charge in [0.1, 0.15) is 27.8 Å².